The van der Waals surface area contributed by atoms with Gasteiger partial charge in [-0.25, -0.2) is 9.67 Å². The molecule has 1 aromatic heterocycles. The smallest absolute Gasteiger partial charge is 0.254 e. The number of fused-ring (bicyclic) bond motifs is 2. The van der Waals surface area contributed by atoms with Crippen LogP contribution < -0.4 is 26.0 Å². The summed E-state index contributed by atoms with van der Waals surface area (Å²) in [5.41, 5.74) is 2.08. The molecule has 0 radical (unpaired) electrons. The maximum atomic E-state index is 13.7. The summed E-state index contributed by atoms with van der Waals surface area (Å²) in [6.45, 7) is 7.59. The molecular formula is C35H44N8O6. The maximum absolute atomic E-state index is 13.7. The number of ether oxygens (including phenoxy) is 1. The molecule has 3 aromatic rings. The van der Waals surface area contributed by atoms with Crippen LogP contribution in [0, 0.1) is 5.92 Å². The van der Waals surface area contributed by atoms with Gasteiger partial charge >= 0.3 is 0 Å². The maximum Gasteiger partial charge on any atom is 0.254 e. The molecule has 5 rings (SSSR count). The van der Waals surface area contributed by atoms with Crippen LogP contribution in [0.2, 0.25) is 0 Å². The van der Waals surface area contributed by atoms with Crippen molar-refractivity contribution in [2.75, 3.05) is 26.2 Å². The third-order valence-corrected chi connectivity index (χ3v) is 8.37. The molecule has 2 aromatic carbocycles. The van der Waals surface area contributed by atoms with E-state index < -0.39 is 35.8 Å². The van der Waals surface area contributed by atoms with Gasteiger partial charge in [-0.2, -0.15) is 5.10 Å². The van der Waals surface area contributed by atoms with E-state index in [1.165, 1.54) is 16.5 Å². The van der Waals surface area contributed by atoms with Crippen LogP contribution in [0.15, 0.2) is 48.5 Å². The van der Waals surface area contributed by atoms with Gasteiger partial charge in [0.05, 0.1) is 19.2 Å². The number of carbonyl (C=O) groups is 5. The third kappa shape index (κ3) is 9.00. The van der Waals surface area contributed by atoms with Gasteiger partial charge in [-0.15, -0.1) is 0 Å². The first-order valence-electron chi connectivity index (χ1n) is 16.7. The fourth-order valence-corrected chi connectivity index (χ4v) is 5.85. The van der Waals surface area contributed by atoms with Gasteiger partial charge in [-0.1, -0.05) is 44.2 Å². The van der Waals surface area contributed by atoms with Crippen LogP contribution >= 0.6 is 0 Å². The Kier molecular flexibility index (Phi) is 11.3. The minimum atomic E-state index is -0.987. The Hall–Kier alpha value is -5.27. The van der Waals surface area contributed by atoms with Crippen molar-refractivity contribution in [2.45, 2.75) is 71.6 Å². The van der Waals surface area contributed by atoms with Crippen LogP contribution in [0.25, 0.3) is 11.4 Å². The lowest BCUT2D eigenvalue weighted by Crippen LogP contribution is -2.54. The van der Waals surface area contributed by atoms with E-state index in [9.17, 15) is 24.0 Å². The van der Waals surface area contributed by atoms with Gasteiger partial charge in [-0.3, -0.25) is 24.0 Å². The topological polar surface area (TPSA) is 177 Å². The van der Waals surface area contributed by atoms with Gasteiger partial charge < -0.3 is 30.9 Å². The van der Waals surface area contributed by atoms with E-state index in [-0.39, 0.29) is 43.9 Å². The molecule has 0 saturated carbocycles. The molecule has 3 heterocycles. The lowest BCUT2D eigenvalue weighted by molar-refractivity contribution is -0.132. The van der Waals surface area contributed by atoms with Crippen molar-refractivity contribution < 1.29 is 28.7 Å². The average Bonchev–Trinajstić information content (AvgIpc) is 3.72. The minimum absolute atomic E-state index is 0.0558. The first-order chi connectivity index (χ1) is 23.5. The van der Waals surface area contributed by atoms with E-state index in [1.807, 2.05) is 44.2 Å². The number of aromatic nitrogens is 3. The van der Waals surface area contributed by atoms with Crippen molar-refractivity contribution in [3.05, 3.63) is 65.5 Å². The standard InChI is InChI=1S/C35H44N8O6/c1-21(2)17-27-34(47)38-22(3)32-40-31(24-9-6-5-7-10-24)41-43(32)20-29(44)36-14-8-15-42(19-30(45)37-23(4)33(46)39-27)35(48)26-11-12-28-25(18-26)13-16-49-28/h5-7,9-12,18,21-23,27H,8,13-17,19-20H2,1-4H3,(H,36,44)(H,37,45)(H,38,47)(H,39,46)/t22-,23+,27+/m0/s1. The lowest BCUT2D eigenvalue weighted by Gasteiger charge is -2.25. The molecule has 5 amide bonds. The van der Waals surface area contributed by atoms with Gasteiger partial charge in [0.25, 0.3) is 5.91 Å². The monoisotopic (exact) mass is 672 g/mol. The van der Waals surface area contributed by atoms with Crippen LogP contribution in [-0.4, -0.2) is 87.5 Å². The average molecular weight is 673 g/mol. The molecule has 14 heteroatoms. The molecule has 2 aliphatic rings. The molecule has 0 saturated heterocycles. The second-order valence-electron chi connectivity index (χ2n) is 12.9. The molecule has 0 fully saturated rings. The zero-order valence-corrected chi connectivity index (χ0v) is 28.3. The summed E-state index contributed by atoms with van der Waals surface area (Å²) in [6.07, 6.45) is 1.38. The molecule has 3 atom stereocenters. The summed E-state index contributed by atoms with van der Waals surface area (Å²) >= 11 is 0. The number of carbonyl (C=O) groups excluding carboxylic acids is 5. The Balaban J connectivity index is 1.41. The second kappa shape index (κ2) is 15.8. The highest BCUT2D eigenvalue weighted by atomic mass is 16.5. The summed E-state index contributed by atoms with van der Waals surface area (Å²) < 4.78 is 7.03. The molecule has 2 aliphatic heterocycles. The van der Waals surface area contributed by atoms with E-state index in [1.54, 1.807) is 25.1 Å². The van der Waals surface area contributed by atoms with Crippen molar-refractivity contribution >= 4 is 29.5 Å². The summed E-state index contributed by atoms with van der Waals surface area (Å²) in [5.74, 6) is -0.659. The highest BCUT2D eigenvalue weighted by Gasteiger charge is 2.29. The van der Waals surface area contributed by atoms with Gasteiger partial charge in [-0.05, 0) is 56.4 Å². The molecule has 14 nitrogen and oxygen atoms in total. The minimum Gasteiger partial charge on any atom is -0.493 e. The zero-order valence-electron chi connectivity index (χ0n) is 28.3. The fraction of sp³-hybridized carbons (Fsp3) is 0.457. The van der Waals surface area contributed by atoms with E-state index in [4.69, 9.17) is 4.74 Å². The SMILES string of the molecule is CC(C)C[C@H]1NC(=O)[C@@H](C)NC(=O)CN(C(=O)c2ccc3c(c2)CCO3)CCCNC(=O)Cn2nc(-c3ccccc3)nc2[C@H](C)NC1=O. The predicted octanol–water partition coefficient (Wildman–Crippen LogP) is 1.76. The van der Waals surface area contributed by atoms with Crippen LogP contribution in [0.3, 0.4) is 0 Å². The van der Waals surface area contributed by atoms with Crippen molar-refractivity contribution in [3.63, 3.8) is 0 Å². The van der Waals surface area contributed by atoms with Gasteiger partial charge in [0, 0.05) is 30.6 Å². The molecule has 4 N–H and O–H groups in total. The van der Waals surface area contributed by atoms with E-state index in [0.717, 1.165) is 16.9 Å². The van der Waals surface area contributed by atoms with E-state index >= 15 is 0 Å². The number of rotatable bonds is 4. The second-order valence-corrected chi connectivity index (χ2v) is 12.9. The van der Waals surface area contributed by atoms with Crippen molar-refractivity contribution in [3.8, 4) is 17.1 Å². The Labute approximate surface area is 285 Å². The lowest BCUT2D eigenvalue weighted by atomic mass is 10.0. The van der Waals surface area contributed by atoms with E-state index in [0.29, 0.717) is 43.1 Å². The highest BCUT2D eigenvalue weighted by Crippen LogP contribution is 2.26. The number of hydrogen-bond acceptors (Lipinski definition) is 8. The Morgan fingerprint density at radius 3 is 2.47 bits per heavy atom. The summed E-state index contributed by atoms with van der Waals surface area (Å²) in [7, 11) is 0. The van der Waals surface area contributed by atoms with Crippen LogP contribution in [0.1, 0.15) is 68.3 Å². The normalized spacial score (nSPS) is 21.2. The van der Waals surface area contributed by atoms with Gasteiger partial charge in [0.1, 0.15) is 30.2 Å². The first kappa shape index (κ1) is 35.0. The highest BCUT2D eigenvalue weighted by molar-refractivity contribution is 5.98. The Morgan fingerprint density at radius 1 is 0.939 bits per heavy atom. The summed E-state index contributed by atoms with van der Waals surface area (Å²) in [4.78, 5) is 73.0. The third-order valence-electron chi connectivity index (χ3n) is 8.37. The summed E-state index contributed by atoms with van der Waals surface area (Å²) in [6, 6.07) is 11.9. The quantitative estimate of drug-likeness (QED) is 0.324. The zero-order chi connectivity index (χ0) is 35.1. The van der Waals surface area contributed by atoms with Crippen molar-refractivity contribution in [2.24, 2.45) is 5.92 Å². The van der Waals surface area contributed by atoms with Crippen LogP contribution in [-0.2, 0) is 32.1 Å². The number of nitrogens with one attached hydrogen (secondary N) is 4. The molecule has 260 valence electrons. The van der Waals surface area contributed by atoms with Crippen LogP contribution in [0.4, 0.5) is 0 Å². The van der Waals surface area contributed by atoms with Crippen molar-refractivity contribution in [1.29, 1.82) is 0 Å². The molecule has 49 heavy (non-hydrogen) atoms. The molecule has 0 aliphatic carbocycles. The summed E-state index contributed by atoms with van der Waals surface area (Å²) in [5, 5.41) is 15.9. The molecule has 0 bridgehead atoms. The predicted molar refractivity (Wildman–Crippen MR) is 180 cm³/mol. The van der Waals surface area contributed by atoms with E-state index in [2.05, 4.69) is 31.3 Å². The van der Waals surface area contributed by atoms with Crippen molar-refractivity contribution in [1.82, 2.24) is 40.9 Å². The number of benzene rings is 2. The fourth-order valence-electron chi connectivity index (χ4n) is 5.85. The van der Waals surface area contributed by atoms with Gasteiger partial charge in [0.2, 0.25) is 23.6 Å². The molecular weight excluding hydrogens is 628 g/mol. The van der Waals surface area contributed by atoms with Gasteiger partial charge in [0.15, 0.2) is 5.82 Å². The largest absolute Gasteiger partial charge is 0.493 e. The number of hydrogen-bond donors (Lipinski definition) is 4. The van der Waals surface area contributed by atoms with Crippen LogP contribution in [0.5, 0.6) is 5.75 Å². The Bertz CT molecular complexity index is 1690. The Morgan fingerprint density at radius 2 is 1.71 bits per heavy atom. The molecule has 0 unspecified atom stereocenters. The number of nitrogens with zero attached hydrogens (tertiary/aromatic N) is 4. The number of amides is 5. The molecule has 0 spiro atoms. The first-order valence-corrected chi connectivity index (χ1v) is 16.7.